The number of halogens is 1. The van der Waals surface area contributed by atoms with E-state index in [-0.39, 0.29) is 0 Å². The number of rotatable bonds is 1. The van der Waals surface area contributed by atoms with Gasteiger partial charge in [-0.15, -0.1) is 0 Å². The lowest BCUT2D eigenvalue weighted by atomic mass is 10.2. The molecule has 0 saturated heterocycles. The highest BCUT2D eigenvalue weighted by atomic mass is 79.9. The summed E-state index contributed by atoms with van der Waals surface area (Å²) in [5, 5.41) is 2.16. The van der Waals surface area contributed by atoms with Crippen molar-refractivity contribution in [2.24, 2.45) is 0 Å². The first kappa shape index (κ1) is 8.73. The Kier molecular flexibility index (Phi) is 1.73. The molecule has 0 bridgehead atoms. The lowest BCUT2D eigenvalue weighted by Gasteiger charge is -1.90. The number of benzene rings is 1. The number of fused-ring (bicyclic) bond motifs is 3. The summed E-state index contributed by atoms with van der Waals surface area (Å²) in [4.78, 5) is 16.9. The zero-order valence-corrected chi connectivity index (χ0v) is 9.26. The fraction of sp³-hybridized carbons (Fsp3) is 0. The minimum absolute atomic E-state index is 0.595. The second-order valence-corrected chi connectivity index (χ2v) is 4.36. The summed E-state index contributed by atoms with van der Waals surface area (Å²) in [6.45, 7) is 0. The van der Waals surface area contributed by atoms with Crippen molar-refractivity contribution >= 4 is 44.2 Å². The van der Waals surface area contributed by atoms with E-state index in [1.807, 2.05) is 24.3 Å². The van der Waals surface area contributed by atoms with Gasteiger partial charge in [-0.05, 0) is 24.3 Å². The number of aromatic nitrogens is 2. The molecule has 0 spiro atoms. The average molecular weight is 263 g/mol. The lowest BCUT2D eigenvalue weighted by Crippen LogP contribution is -1.77. The molecule has 0 radical (unpaired) electrons. The summed E-state index contributed by atoms with van der Waals surface area (Å²) >= 11 is 3.43. The van der Waals surface area contributed by atoms with Crippen LogP contribution in [0.25, 0.3) is 21.9 Å². The van der Waals surface area contributed by atoms with Crippen LogP contribution < -0.4 is 0 Å². The van der Waals surface area contributed by atoms with Gasteiger partial charge in [-0.25, -0.2) is 0 Å². The fourth-order valence-corrected chi connectivity index (χ4v) is 2.19. The molecule has 15 heavy (non-hydrogen) atoms. The van der Waals surface area contributed by atoms with Crippen LogP contribution in [0.3, 0.4) is 0 Å². The van der Waals surface area contributed by atoms with Gasteiger partial charge in [-0.1, -0.05) is 15.9 Å². The second-order valence-electron chi connectivity index (χ2n) is 3.45. The lowest BCUT2D eigenvalue weighted by molar-refractivity contribution is 0.112. The Hall–Kier alpha value is -1.55. The molecule has 2 heterocycles. The van der Waals surface area contributed by atoms with E-state index in [4.69, 9.17) is 0 Å². The number of hydrogen-bond acceptors (Lipinski definition) is 1. The van der Waals surface area contributed by atoms with Crippen molar-refractivity contribution in [1.29, 1.82) is 0 Å². The van der Waals surface area contributed by atoms with Crippen LogP contribution in [0.15, 0.2) is 28.7 Å². The first-order valence-electron chi connectivity index (χ1n) is 4.53. The SMILES string of the molecule is O=Cc1cc2c([nH]1)[nH]c1ccc(Br)cc12. The van der Waals surface area contributed by atoms with Gasteiger partial charge < -0.3 is 9.97 Å². The minimum atomic E-state index is 0.595. The molecule has 3 aromatic rings. The van der Waals surface area contributed by atoms with E-state index < -0.39 is 0 Å². The molecule has 0 atom stereocenters. The Morgan fingerprint density at radius 3 is 2.80 bits per heavy atom. The standard InChI is InChI=1S/C11H7BrN2O/c12-6-1-2-10-8(3-6)9-4-7(5-15)13-11(9)14-10/h1-5,13-14H. The molecule has 3 nitrogen and oxygen atoms in total. The van der Waals surface area contributed by atoms with E-state index in [0.29, 0.717) is 5.69 Å². The van der Waals surface area contributed by atoms with Crippen molar-refractivity contribution in [3.8, 4) is 0 Å². The molecule has 2 aromatic heterocycles. The van der Waals surface area contributed by atoms with Crippen LogP contribution in [0.4, 0.5) is 0 Å². The summed E-state index contributed by atoms with van der Waals surface area (Å²) in [5.41, 5.74) is 2.56. The van der Waals surface area contributed by atoms with Crippen LogP contribution in [0.2, 0.25) is 0 Å². The highest BCUT2D eigenvalue weighted by molar-refractivity contribution is 9.10. The first-order chi connectivity index (χ1) is 7.28. The molecule has 0 saturated carbocycles. The van der Waals surface area contributed by atoms with Gasteiger partial charge in [0.2, 0.25) is 0 Å². The second kappa shape index (κ2) is 2.97. The van der Waals surface area contributed by atoms with Crippen LogP contribution in [-0.4, -0.2) is 16.3 Å². The Bertz CT molecular complexity index is 666. The average Bonchev–Trinajstić information content (AvgIpc) is 2.75. The third-order valence-electron chi connectivity index (χ3n) is 2.50. The number of nitrogens with one attached hydrogen (secondary N) is 2. The van der Waals surface area contributed by atoms with Crippen molar-refractivity contribution in [1.82, 2.24) is 9.97 Å². The minimum Gasteiger partial charge on any atom is -0.341 e. The third kappa shape index (κ3) is 1.22. The molecule has 0 fully saturated rings. The smallest absolute Gasteiger partial charge is 0.166 e. The molecule has 0 aliphatic heterocycles. The summed E-state index contributed by atoms with van der Waals surface area (Å²) in [6.07, 6.45) is 0.817. The molecule has 1 aromatic carbocycles. The van der Waals surface area contributed by atoms with Gasteiger partial charge in [-0.2, -0.15) is 0 Å². The number of aromatic amines is 2. The summed E-state index contributed by atoms with van der Waals surface area (Å²) in [5.74, 6) is 0. The Morgan fingerprint density at radius 2 is 2.00 bits per heavy atom. The maximum Gasteiger partial charge on any atom is 0.166 e. The van der Waals surface area contributed by atoms with Gasteiger partial charge in [0.25, 0.3) is 0 Å². The highest BCUT2D eigenvalue weighted by Gasteiger charge is 2.07. The molecule has 0 aliphatic carbocycles. The topological polar surface area (TPSA) is 48.6 Å². The Labute approximate surface area is 93.6 Å². The molecule has 4 heteroatoms. The number of aldehydes is 1. The van der Waals surface area contributed by atoms with Gasteiger partial charge in [-0.3, -0.25) is 4.79 Å². The van der Waals surface area contributed by atoms with Gasteiger partial charge in [0.15, 0.2) is 6.29 Å². The summed E-state index contributed by atoms with van der Waals surface area (Å²) < 4.78 is 1.03. The predicted octanol–water partition coefficient (Wildman–Crippen LogP) is 3.22. The van der Waals surface area contributed by atoms with E-state index in [1.165, 1.54) is 0 Å². The van der Waals surface area contributed by atoms with Gasteiger partial charge in [0, 0.05) is 20.8 Å². The molecule has 74 valence electrons. The zero-order valence-electron chi connectivity index (χ0n) is 7.67. The number of H-pyrrole nitrogens is 2. The van der Waals surface area contributed by atoms with Crippen molar-refractivity contribution in [3.63, 3.8) is 0 Å². The molecule has 0 unspecified atom stereocenters. The van der Waals surface area contributed by atoms with Crippen LogP contribution >= 0.6 is 15.9 Å². The van der Waals surface area contributed by atoms with E-state index >= 15 is 0 Å². The molecule has 3 rings (SSSR count). The molecular formula is C11H7BrN2O. The molecule has 2 N–H and O–H groups in total. The van der Waals surface area contributed by atoms with Crippen LogP contribution in [0.1, 0.15) is 10.5 Å². The molecular weight excluding hydrogens is 256 g/mol. The van der Waals surface area contributed by atoms with Crippen molar-refractivity contribution in [2.45, 2.75) is 0 Å². The third-order valence-corrected chi connectivity index (χ3v) is 2.99. The normalized spacial score (nSPS) is 11.3. The van der Waals surface area contributed by atoms with Crippen molar-refractivity contribution in [3.05, 3.63) is 34.4 Å². The molecule has 0 amide bonds. The fourth-order valence-electron chi connectivity index (χ4n) is 1.83. The molecule has 0 aliphatic rings. The number of carbonyl (C=O) groups excluding carboxylic acids is 1. The van der Waals surface area contributed by atoms with Crippen LogP contribution in [-0.2, 0) is 0 Å². The van der Waals surface area contributed by atoms with Crippen LogP contribution in [0, 0.1) is 0 Å². The largest absolute Gasteiger partial charge is 0.341 e. The van der Waals surface area contributed by atoms with Crippen molar-refractivity contribution in [2.75, 3.05) is 0 Å². The quantitative estimate of drug-likeness (QED) is 0.650. The Morgan fingerprint density at radius 1 is 1.13 bits per heavy atom. The maximum atomic E-state index is 10.6. The maximum absolute atomic E-state index is 10.6. The predicted molar refractivity (Wildman–Crippen MR) is 63.2 cm³/mol. The van der Waals surface area contributed by atoms with Gasteiger partial charge in [0.1, 0.15) is 5.65 Å². The van der Waals surface area contributed by atoms with Gasteiger partial charge in [0.05, 0.1) is 5.69 Å². The summed E-state index contributed by atoms with van der Waals surface area (Å²) in [6, 6.07) is 7.89. The number of carbonyl (C=O) groups is 1. The summed E-state index contributed by atoms with van der Waals surface area (Å²) in [7, 11) is 0. The Balaban J connectivity index is 2.47. The number of hydrogen-bond donors (Lipinski definition) is 2. The van der Waals surface area contributed by atoms with E-state index in [9.17, 15) is 4.79 Å². The first-order valence-corrected chi connectivity index (χ1v) is 5.32. The monoisotopic (exact) mass is 262 g/mol. The van der Waals surface area contributed by atoms with Gasteiger partial charge >= 0.3 is 0 Å². The van der Waals surface area contributed by atoms with E-state index in [2.05, 4.69) is 25.9 Å². The highest BCUT2D eigenvalue weighted by Crippen LogP contribution is 2.27. The van der Waals surface area contributed by atoms with Crippen LogP contribution in [0.5, 0.6) is 0 Å². The van der Waals surface area contributed by atoms with E-state index in [0.717, 1.165) is 32.7 Å². The van der Waals surface area contributed by atoms with E-state index in [1.54, 1.807) is 0 Å². The zero-order chi connectivity index (χ0) is 10.4. The van der Waals surface area contributed by atoms with Crippen molar-refractivity contribution < 1.29 is 4.79 Å².